The molecular weight excluding hydrogens is 388 g/mol. The summed E-state index contributed by atoms with van der Waals surface area (Å²) in [6.45, 7) is 13.4. The molecule has 0 bridgehead atoms. The highest BCUT2D eigenvalue weighted by Crippen LogP contribution is 2.34. The van der Waals surface area contributed by atoms with Gasteiger partial charge in [0.25, 0.3) is 5.56 Å². The van der Waals surface area contributed by atoms with Crippen molar-refractivity contribution in [2.24, 2.45) is 0 Å². The molecule has 0 atom stereocenters. The van der Waals surface area contributed by atoms with Gasteiger partial charge in [0.1, 0.15) is 13.2 Å². The highest BCUT2D eigenvalue weighted by molar-refractivity contribution is 5.90. The molecule has 2 aromatic rings. The summed E-state index contributed by atoms with van der Waals surface area (Å²) in [6.07, 6.45) is 8.20. The molecule has 0 aliphatic heterocycles. The molecule has 0 amide bonds. The fraction of sp³-hybridized carbons (Fsp3) is 0.423. The number of pyridine rings is 1. The van der Waals surface area contributed by atoms with E-state index in [-0.39, 0.29) is 11.3 Å². The molecule has 1 aromatic heterocycles. The number of hydrogen-bond donors (Lipinski definition) is 1. The van der Waals surface area contributed by atoms with Crippen molar-refractivity contribution in [2.75, 3.05) is 18.9 Å². The summed E-state index contributed by atoms with van der Waals surface area (Å²) in [4.78, 5) is 13.2. The van der Waals surface area contributed by atoms with Gasteiger partial charge in [-0.1, -0.05) is 22.8 Å². The Labute approximate surface area is 185 Å². The molecule has 2 N–H and O–H groups in total. The van der Waals surface area contributed by atoms with Crippen LogP contribution in [0.1, 0.15) is 54.4 Å². The Morgan fingerprint density at radius 1 is 0.968 bits per heavy atom. The molecule has 0 saturated carbocycles. The molecule has 0 aliphatic carbocycles. The van der Waals surface area contributed by atoms with Crippen LogP contribution >= 0.6 is 0 Å². The number of fused-ring (bicyclic) bond motifs is 1. The second-order valence-electron chi connectivity index (χ2n) is 8.26. The highest BCUT2D eigenvalue weighted by atomic mass is 16.5. The quantitative estimate of drug-likeness (QED) is 0.374. The monoisotopic (exact) mass is 424 g/mol. The Morgan fingerprint density at radius 2 is 1.61 bits per heavy atom. The normalized spacial score (nSPS) is 11.4. The number of aryl methyl sites for hydroxylation is 1. The van der Waals surface area contributed by atoms with Crippen molar-refractivity contribution < 1.29 is 9.47 Å². The average molecular weight is 425 g/mol. The minimum absolute atomic E-state index is 0.205. The van der Waals surface area contributed by atoms with Crippen molar-refractivity contribution in [1.29, 1.82) is 0 Å². The van der Waals surface area contributed by atoms with Crippen molar-refractivity contribution in [3.05, 3.63) is 63.5 Å². The van der Waals surface area contributed by atoms with E-state index in [1.54, 1.807) is 4.57 Å². The predicted molar refractivity (Wildman–Crippen MR) is 131 cm³/mol. The third-order valence-corrected chi connectivity index (χ3v) is 4.99. The second-order valence-corrected chi connectivity index (χ2v) is 8.26. The summed E-state index contributed by atoms with van der Waals surface area (Å²) in [5.74, 6) is 0.715. The molecule has 1 heterocycles. The lowest BCUT2D eigenvalue weighted by molar-refractivity contribution is 0.304. The van der Waals surface area contributed by atoms with E-state index in [2.05, 4.69) is 26.8 Å². The van der Waals surface area contributed by atoms with E-state index in [0.29, 0.717) is 31.2 Å². The molecule has 31 heavy (non-hydrogen) atoms. The zero-order valence-electron chi connectivity index (χ0n) is 19.7. The van der Waals surface area contributed by atoms with Crippen LogP contribution in [-0.2, 0) is 6.54 Å². The van der Waals surface area contributed by atoms with Crippen LogP contribution < -0.4 is 20.8 Å². The summed E-state index contributed by atoms with van der Waals surface area (Å²) in [5.41, 5.74) is 10.8. The molecule has 2 rings (SSSR count). The van der Waals surface area contributed by atoms with Gasteiger partial charge in [-0.05, 0) is 84.7 Å². The number of nitrogens with zero attached hydrogens (tertiary/aromatic N) is 1. The van der Waals surface area contributed by atoms with E-state index in [0.717, 1.165) is 29.3 Å². The summed E-state index contributed by atoms with van der Waals surface area (Å²) >= 11 is 0. The largest absolute Gasteiger partial charge is 0.485 e. The van der Waals surface area contributed by atoms with Gasteiger partial charge >= 0.3 is 0 Å². The van der Waals surface area contributed by atoms with E-state index >= 15 is 0 Å². The van der Waals surface area contributed by atoms with E-state index in [4.69, 9.17) is 15.2 Å². The molecule has 0 spiro atoms. The topological polar surface area (TPSA) is 66.5 Å². The van der Waals surface area contributed by atoms with Gasteiger partial charge < -0.3 is 19.8 Å². The van der Waals surface area contributed by atoms with Crippen LogP contribution in [0.15, 0.2) is 57.9 Å². The maximum Gasteiger partial charge on any atom is 0.297 e. The zero-order valence-corrected chi connectivity index (χ0v) is 19.7. The van der Waals surface area contributed by atoms with Crippen molar-refractivity contribution in [3.8, 4) is 11.5 Å². The Bertz CT molecular complexity index is 1050. The molecule has 168 valence electrons. The van der Waals surface area contributed by atoms with Crippen molar-refractivity contribution in [1.82, 2.24) is 4.57 Å². The third-order valence-electron chi connectivity index (χ3n) is 4.99. The van der Waals surface area contributed by atoms with Crippen molar-refractivity contribution in [3.63, 3.8) is 0 Å². The second kappa shape index (κ2) is 11.4. The van der Waals surface area contributed by atoms with E-state index in [1.807, 2.05) is 51.1 Å². The van der Waals surface area contributed by atoms with Gasteiger partial charge in [-0.3, -0.25) is 4.79 Å². The van der Waals surface area contributed by atoms with Crippen LogP contribution in [0.2, 0.25) is 0 Å². The lowest BCUT2D eigenvalue weighted by Crippen LogP contribution is -2.23. The van der Waals surface area contributed by atoms with Gasteiger partial charge in [0.2, 0.25) is 5.75 Å². The molecular formula is C26H36N2O3. The maximum atomic E-state index is 13.2. The number of hydrogen-bond acceptors (Lipinski definition) is 4. The highest BCUT2D eigenvalue weighted by Gasteiger charge is 2.19. The van der Waals surface area contributed by atoms with Crippen molar-refractivity contribution in [2.45, 2.75) is 60.9 Å². The molecule has 5 nitrogen and oxygen atoms in total. The molecule has 0 saturated heterocycles. The van der Waals surface area contributed by atoms with Gasteiger partial charge in [-0.15, -0.1) is 0 Å². The lowest BCUT2D eigenvalue weighted by Gasteiger charge is -2.17. The zero-order chi connectivity index (χ0) is 23.0. The number of allylic oxidation sites excluding steroid dienone is 4. The van der Waals surface area contributed by atoms with Crippen LogP contribution in [0, 0.1) is 0 Å². The number of benzene rings is 1. The third kappa shape index (κ3) is 6.78. The van der Waals surface area contributed by atoms with Crippen LogP contribution in [0.5, 0.6) is 11.5 Å². The van der Waals surface area contributed by atoms with Crippen LogP contribution in [0.25, 0.3) is 10.9 Å². The fourth-order valence-corrected chi connectivity index (χ4v) is 3.25. The summed E-state index contributed by atoms with van der Waals surface area (Å²) < 4.78 is 13.7. The summed E-state index contributed by atoms with van der Waals surface area (Å²) in [5, 5.41) is 0.817. The number of nitrogen functional groups attached to an aromatic ring is 1. The Balaban J connectivity index is 2.42. The van der Waals surface area contributed by atoms with Crippen LogP contribution in [-0.4, -0.2) is 17.8 Å². The number of ether oxygens (including phenoxy) is 2. The van der Waals surface area contributed by atoms with Crippen LogP contribution in [0.4, 0.5) is 5.69 Å². The Hall–Kier alpha value is -2.95. The maximum absolute atomic E-state index is 13.2. The van der Waals surface area contributed by atoms with Gasteiger partial charge in [0.15, 0.2) is 5.75 Å². The summed E-state index contributed by atoms with van der Waals surface area (Å²) in [6, 6.07) is 5.52. The summed E-state index contributed by atoms with van der Waals surface area (Å²) in [7, 11) is 0. The molecule has 0 radical (unpaired) electrons. The molecule has 0 unspecified atom stereocenters. The number of anilines is 1. The van der Waals surface area contributed by atoms with Gasteiger partial charge in [-0.2, -0.15) is 0 Å². The first-order chi connectivity index (χ1) is 14.7. The average Bonchev–Trinajstić information content (AvgIpc) is 2.69. The first kappa shape index (κ1) is 24.3. The standard InChI is InChI=1S/C26H36N2O3/c1-7-28-23-17-21(27)11-12-22(23)24(30-15-13-19(4)5)25(26(28)29)31-16-14-20(6)10-8-9-18(2)3/h9,11-14,17H,7-8,10,15-16,27H2,1-6H3/b20-14+. The van der Waals surface area contributed by atoms with E-state index in [1.165, 1.54) is 11.1 Å². The Morgan fingerprint density at radius 3 is 2.26 bits per heavy atom. The number of nitrogens with two attached hydrogens (primary N) is 1. The minimum Gasteiger partial charge on any atom is -0.485 e. The van der Waals surface area contributed by atoms with E-state index in [9.17, 15) is 4.79 Å². The molecule has 0 aliphatic rings. The SMILES string of the molecule is CCn1c(=O)c(OC/C=C(\C)CCC=C(C)C)c(OCC=C(C)C)c2ccc(N)cc21. The van der Waals surface area contributed by atoms with Gasteiger partial charge in [0.05, 0.1) is 5.52 Å². The van der Waals surface area contributed by atoms with E-state index < -0.39 is 0 Å². The van der Waals surface area contributed by atoms with Crippen LogP contribution in [0.3, 0.4) is 0 Å². The smallest absolute Gasteiger partial charge is 0.297 e. The molecule has 1 aromatic carbocycles. The molecule has 5 heteroatoms. The minimum atomic E-state index is -0.205. The first-order valence-electron chi connectivity index (χ1n) is 10.9. The van der Waals surface area contributed by atoms with Crippen molar-refractivity contribution >= 4 is 16.6 Å². The number of rotatable bonds is 10. The predicted octanol–water partition coefficient (Wildman–Crippen LogP) is 6.02. The Kier molecular flexibility index (Phi) is 8.98. The first-order valence-corrected chi connectivity index (χ1v) is 10.9. The van der Waals surface area contributed by atoms with Gasteiger partial charge in [-0.25, -0.2) is 0 Å². The fourth-order valence-electron chi connectivity index (χ4n) is 3.25. The number of aromatic nitrogens is 1. The van der Waals surface area contributed by atoms with Gasteiger partial charge in [0, 0.05) is 17.6 Å². The molecule has 0 fully saturated rings. The lowest BCUT2D eigenvalue weighted by atomic mass is 10.1.